The van der Waals surface area contributed by atoms with Gasteiger partial charge in [-0.1, -0.05) is 23.7 Å². The Morgan fingerprint density at radius 1 is 1.15 bits per heavy atom. The molecule has 1 amide bonds. The largest absolute Gasteiger partial charge is 0.573 e. The molecule has 1 aromatic heterocycles. The number of primary amides is 1. The molecular formula is C17H10ClF3N2O3. The molecule has 0 aliphatic carbocycles. The number of amides is 1. The third-order valence-electron chi connectivity index (χ3n) is 3.59. The average Bonchev–Trinajstić information content (AvgIpc) is 2.54. The molecule has 9 heteroatoms. The van der Waals surface area contributed by atoms with Crippen LogP contribution in [0.4, 0.5) is 13.2 Å². The van der Waals surface area contributed by atoms with Crippen molar-refractivity contribution in [3.8, 4) is 11.4 Å². The van der Waals surface area contributed by atoms with Crippen LogP contribution in [0, 0.1) is 0 Å². The van der Waals surface area contributed by atoms with Gasteiger partial charge in [0.25, 0.3) is 5.91 Å². The summed E-state index contributed by atoms with van der Waals surface area (Å²) in [4.78, 5) is 23.9. The van der Waals surface area contributed by atoms with E-state index in [1.807, 2.05) is 0 Å². The van der Waals surface area contributed by atoms with Gasteiger partial charge >= 0.3 is 6.36 Å². The van der Waals surface area contributed by atoms with E-state index >= 15 is 0 Å². The number of para-hydroxylation sites is 1. The van der Waals surface area contributed by atoms with Crippen LogP contribution in [-0.4, -0.2) is 16.8 Å². The lowest BCUT2D eigenvalue weighted by Crippen LogP contribution is -2.24. The lowest BCUT2D eigenvalue weighted by atomic mass is 10.1. The molecule has 2 N–H and O–H groups in total. The number of fused-ring (bicyclic) bond motifs is 1. The van der Waals surface area contributed by atoms with Crippen LogP contribution in [0.5, 0.6) is 5.75 Å². The van der Waals surface area contributed by atoms with Crippen molar-refractivity contribution in [1.29, 1.82) is 0 Å². The first-order valence-corrected chi connectivity index (χ1v) is 7.55. The minimum absolute atomic E-state index is 0.0732. The van der Waals surface area contributed by atoms with Gasteiger partial charge in [-0.3, -0.25) is 9.59 Å². The van der Waals surface area contributed by atoms with Crippen molar-refractivity contribution in [2.75, 3.05) is 0 Å². The van der Waals surface area contributed by atoms with Crippen LogP contribution >= 0.6 is 11.6 Å². The Hall–Kier alpha value is -3.00. The summed E-state index contributed by atoms with van der Waals surface area (Å²) >= 11 is 6.10. The number of halogens is 4. The van der Waals surface area contributed by atoms with Crippen LogP contribution < -0.4 is 15.9 Å². The van der Waals surface area contributed by atoms with Gasteiger partial charge in [-0.05, 0) is 24.3 Å². The quantitative estimate of drug-likeness (QED) is 0.751. The fraction of sp³-hybridized carbons (Fsp3) is 0.0588. The molecule has 0 unspecified atom stereocenters. The Balaban J connectivity index is 2.24. The fourth-order valence-corrected chi connectivity index (χ4v) is 2.79. The molecule has 3 aromatic rings. The molecule has 26 heavy (non-hydrogen) atoms. The number of nitrogens with two attached hydrogens (primary N) is 1. The number of hydrogen-bond acceptors (Lipinski definition) is 3. The minimum atomic E-state index is -4.85. The molecule has 0 saturated heterocycles. The molecule has 134 valence electrons. The minimum Gasteiger partial charge on any atom is -0.406 e. The summed E-state index contributed by atoms with van der Waals surface area (Å²) in [6.45, 7) is 0. The van der Waals surface area contributed by atoms with Crippen LogP contribution in [0.15, 0.2) is 53.5 Å². The summed E-state index contributed by atoms with van der Waals surface area (Å²) in [5.74, 6) is -1.42. The topological polar surface area (TPSA) is 74.3 Å². The molecule has 0 aliphatic rings. The highest BCUT2D eigenvalue weighted by molar-refractivity contribution is 6.32. The van der Waals surface area contributed by atoms with E-state index in [-0.39, 0.29) is 21.7 Å². The second-order valence-electron chi connectivity index (χ2n) is 5.28. The standard InChI is InChI=1S/C17H10ClF3N2O3/c18-12-7-9(26-17(19,20)21)5-6-14(12)23-8-11(16(22)25)15(24)10-3-1-2-4-13(10)23/h1-8H,(H2,22,25). The highest BCUT2D eigenvalue weighted by atomic mass is 35.5. The van der Waals surface area contributed by atoms with E-state index in [0.717, 1.165) is 12.1 Å². The van der Waals surface area contributed by atoms with E-state index in [1.54, 1.807) is 18.2 Å². The molecule has 5 nitrogen and oxygen atoms in total. The zero-order valence-electron chi connectivity index (χ0n) is 12.9. The van der Waals surface area contributed by atoms with Crippen LogP contribution in [0.25, 0.3) is 16.6 Å². The van der Waals surface area contributed by atoms with Gasteiger partial charge < -0.3 is 15.0 Å². The lowest BCUT2D eigenvalue weighted by Gasteiger charge is -2.15. The molecular weight excluding hydrogens is 373 g/mol. The number of carbonyl (C=O) groups is 1. The lowest BCUT2D eigenvalue weighted by molar-refractivity contribution is -0.274. The zero-order chi connectivity index (χ0) is 19.1. The maximum Gasteiger partial charge on any atom is 0.573 e. The number of aromatic nitrogens is 1. The Bertz CT molecular complexity index is 1080. The Morgan fingerprint density at radius 3 is 2.46 bits per heavy atom. The van der Waals surface area contributed by atoms with Gasteiger partial charge in [-0.25, -0.2) is 0 Å². The highest BCUT2D eigenvalue weighted by Crippen LogP contribution is 2.30. The molecule has 0 aliphatic heterocycles. The van der Waals surface area contributed by atoms with Crippen molar-refractivity contribution in [2.24, 2.45) is 5.73 Å². The van der Waals surface area contributed by atoms with Crippen molar-refractivity contribution in [2.45, 2.75) is 6.36 Å². The predicted molar refractivity (Wildman–Crippen MR) is 89.8 cm³/mol. The molecule has 3 rings (SSSR count). The number of nitrogens with zero attached hydrogens (tertiary/aromatic N) is 1. The Morgan fingerprint density at radius 2 is 1.85 bits per heavy atom. The van der Waals surface area contributed by atoms with Crippen LogP contribution in [0.3, 0.4) is 0 Å². The summed E-state index contributed by atoms with van der Waals surface area (Å²) in [6.07, 6.45) is -3.65. The highest BCUT2D eigenvalue weighted by Gasteiger charge is 2.31. The number of carbonyl (C=O) groups excluding carboxylic acids is 1. The van der Waals surface area contributed by atoms with E-state index in [4.69, 9.17) is 17.3 Å². The van der Waals surface area contributed by atoms with Gasteiger partial charge in [0.05, 0.1) is 16.2 Å². The first-order chi connectivity index (χ1) is 12.2. The second-order valence-corrected chi connectivity index (χ2v) is 5.69. The molecule has 0 atom stereocenters. The monoisotopic (exact) mass is 382 g/mol. The van der Waals surface area contributed by atoms with E-state index < -0.39 is 23.4 Å². The van der Waals surface area contributed by atoms with Crippen molar-refractivity contribution in [3.63, 3.8) is 0 Å². The molecule has 0 radical (unpaired) electrons. The molecule has 0 spiro atoms. The number of pyridine rings is 1. The van der Waals surface area contributed by atoms with Crippen LogP contribution in [0.1, 0.15) is 10.4 Å². The fourth-order valence-electron chi connectivity index (χ4n) is 2.53. The van der Waals surface area contributed by atoms with Crippen molar-refractivity contribution < 1.29 is 22.7 Å². The van der Waals surface area contributed by atoms with E-state index in [1.165, 1.54) is 22.9 Å². The maximum absolute atomic E-state index is 12.4. The van der Waals surface area contributed by atoms with Gasteiger partial charge in [0.1, 0.15) is 11.3 Å². The molecule has 0 fully saturated rings. The smallest absolute Gasteiger partial charge is 0.406 e. The molecule has 2 aromatic carbocycles. The van der Waals surface area contributed by atoms with Crippen LogP contribution in [0.2, 0.25) is 5.02 Å². The summed E-state index contributed by atoms with van der Waals surface area (Å²) in [6, 6.07) is 9.74. The molecule has 0 bridgehead atoms. The average molecular weight is 383 g/mol. The number of ether oxygens (including phenoxy) is 1. The Kier molecular flexibility index (Phi) is 4.37. The number of hydrogen-bond donors (Lipinski definition) is 1. The molecule has 0 saturated carbocycles. The van der Waals surface area contributed by atoms with Gasteiger partial charge in [-0.2, -0.15) is 0 Å². The van der Waals surface area contributed by atoms with Crippen molar-refractivity contribution >= 4 is 28.4 Å². The first-order valence-electron chi connectivity index (χ1n) is 7.17. The van der Waals surface area contributed by atoms with Gasteiger partial charge in [0.2, 0.25) is 5.43 Å². The van der Waals surface area contributed by atoms with Gasteiger partial charge in [0, 0.05) is 17.6 Å². The van der Waals surface area contributed by atoms with E-state index in [9.17, 15) is 22.8 Å². The number of alkyl halides is 3. The number of rotatable bonds is 3. The summed E-state index contributed by atoms with van der Waals surface area (Å²) in [7, 11) is 0. The van der Waals surface area contributed by atoms with Crippen LogP contribution in [-0.2, 0) is 0 Å². The third-order valence-corrected chi connectivity index (χ3v) is 3.89. The maximum atomic E-state index is 12.4. The van der Waals surface area contributed by atoms with Crippen molar-refractivity contribution in [3.05, 3.63) is 69.5 Å². The van der Waals surface area contributed by atoms with E-state index in [2.05, 4.69) is 4.74 Å². The van der Waals surface area contributed by atoms with Crippen molar-refractivity contribution in [1.82, 2.24) is 4.57 Å². The zero-order valence-corrected chi connectivity index (χ0v) is 13.6. The SMILES string of the molecule is NC(=O)c1cn(-c2ccc(OC(F)(F)F)cc2Cl)c2ccccc2c1=O. The normalized spacial score (nSPS) is 11.5. The van der Waals surface area contributed by atoms with Gasteiger partial charge in [-0.15, -0.1) is 13.2 Å². The van der Waals surface area contributed by atoms with E-state index in [0.29, 0.717) is 5.52 Å². The predicted octanol–water partition coefficient (Wildman–Crippen LogP) is 3.64. The summed E-state index contributed by atoms with van der Waals surface area (Å²) in [5.41, 5.74) is 5.10. The Labute approximate surface area is 149 Å². The molecule has 1 heterocycles. The third kappa shape index (κ3) is 3.36. The summed E-state index contributed by atoms with van der Waals surface area (Å²) in [5, 5.41) is 0.145. The first kappa shape index (κ1) is 17.8. The second kappa shape index (κ2) is 6.38. The summed E-state index contributed by atoms with van der Waals surface area (Å²) < 4.78 is 42.2. The number of benzene rings is 2. The van der Waals surface area contributed by atoms with Gasteiger partial charge in [0.15, 0.2) is 0 Å².